The second-order valence-electron chi connectivity index (χ2n) is 6.86. The lowest BCUT2D eigenvalue weighted by molar-refractivity contribution is 0.102. The monoisotopic (exact) mass is 373 g/mol. The maximum atomic E-state index is 12.7. The number of fused-ring (bicyclic) bond motifs is 2. The summed E-state index contributed by atoms with van der Waals surface area (Å²) in [5.74, 6) is 1.06. The van der Waals surface area contributed by atoms with E-state index in [9.17, 15) is 4.79 Å². The van der Waals surface area contributed by atoms with Gasteiger partial charge in [0.05, 0.1) is 0 Å². The number of nitrogens with one attached hydrogen (secondary N) is 1. The summed E-state index contributed by atoms with van der Waals surface area (Å²) in [6.07, 6.45) is 2.68. The molecule has 2 aliphatic heterocycles. The fourth-order valence-electron chi connectivity index (χ4n) is 3.63. The standard InChI is InChI=1S/C22H19N3O3/c26-22(24-17-5-6-20-21(11-17)28-14-27-20)19-12-18(7-9-23-19)25-10-8-15-3-1-2-4-16(15)13-25/h1-7,9,11-12H,8,10,13-14H2,(H,24,26). The van der Waals surface area contributed by atoms with Gasteiger partial charge in [0.2, 0.25) is 6.79 Å². The van der Waals surface area contributed by atoms with Crippen LogP contribution in [0.5, 0.6) is 11.5 Å². The third kappa shape index (κ3) is 3.13. The first-order chi connectivity index (χ1) is 13.8. The summed E-state index contributed by atoms with van der Waals surface area (Å²) in [5, 5.41) is 2.88. The van der Waals surface area contributed by atoms with E-state index >= 15 is 0 Å². The average molecular weight is 373 g/mol. The lowest BCUT2D eigenvalue weighted by Gasteiger charge is -2.30. The number of anilines is 2. The Bertz CT molecular complexity index is 1050. The molecule has 3 heterocycles. The highest BCUT2D eigenvalue weighted by Crippen LogP contribution is 2.34. The Kier molecular flexibility index (Phi) is 4.09. The number of ether oxygens (including phenoxy) is 2. The van der Waals surface area contributed by atoms with E-state index in [1.807, 2.05) is 12.1 Å². The molecule has 0 unspecified atom stereocenters. The highest BCUT2D eigenvalue weighted by atomic mass is 16.7. The molecule has 0 aliphatic carbocycles. The van der Waals surface area contributed by atoms with Gasteiger partial charge in [0.1, 0.15) is 5.69 Å². The molecule has 2 aliphatic rings. The van der Waals surface area contributed by atoms with Crippen molar-refractivity contribution >= 4 is 17.3 Å². The lowest BCUT2D eigenvalue weighted by atomic mass is 9.99. The molecule has 6 nitrogen and oxygen atoms in total. The summed E-state index contributed by atoms with van der Waals surface area (Å²) in [6.45, 7) is 1.96. The molecule has 0 bridgehead atoms. The van der Waals surface area contributed by atoms with Crippen LogP contribution in [0.3, 0.4) is 0 Å². The molecule has 0 spiro atoms. The first-order valence-corrected chi connectivity index (χ1v) is 9.25. The Hall–Kier alpha value is -3.54. The highest BCUT2D eigenvalue weighted by molar-refractivity contribution is 6.03. The van der Waals surface area contributed by atoms with Gasteiger partial charge in [-0.2, -0.15) is 0 Å². The number of hydrogen-bond acceptors (Lipinski definition) is 5. The van der Waals surface area contributed by atoms with E-state index in [1.165, 1.54) is 11.1 Å². The summed E-state index contributed by atoms with van der Waals surface area (Å²) >= 11 is 0. The Balaban J connectivity index is 1.33. The smallest absolute Gasteiger partial charge is 0.274 e. The zero-order chi connectivity index (χ0) is 18.9. The van der Waals surface area contributed by atoms with Gasteiger partial charge in [-0.3, -0.25) is 9.78 Å². The molecule has 5 rings (SSSR count). The number of aromatic nitrogens is 1. The molecule has 6 heteroatoms. The van der Waals surface area contributed by atoms with E-state index in [0.29, 0.717) is 22.9 Å². The number of carbonyl (C=O) groups is 1. The third-order valence-electron chi connectivity index (χ3n) is 5.10. The lowest BCUT2D eigenvalue weighted by Crippen LogP contribution is -2.30. The van der Waals surface area contributed by atoms with Crippen LogP contribution < -0.4 is 19.7 Å². The van der Waals surface area contributed by atoms with Crippen LogP contribution in [0.25, 0.3) is 0 Å². The fourth-order valence-corrected chi connectivity index (χ4v) is 3.63. The molecule has 0 fully saturated rings. The molecule has 0 saturated carbocycles. The second kappa shape index (κ2) is 6.88. The Morgan fingerprint density at radius 3 is 2.79 bits per heavy atom. The van der Waals surface area contributed by atoms with Crippen LogP contribution in [0.15, 0.2) is 60.8 Å². The van der Waals surface area contributed by atoms with Gasteiger partial charge in [0.25, 0.3) is 5.91 Å². The SMILES string of the molecule is O=C(Nc1ccc2c(c1)OCO2)c1cc(N2CCc3ccccc3C2)ccn1. The number of hydrogen-bond donors (Lipinski definition) is 1. The Labute approximate surface area is 162 Å². The van der Waals surface area contributed by atoms with Gasteiger partial charge in [-0.15, -0.1) is 0 Å². The summed E-state index contributed by atoms with van der Waals surface area (Å²) in [6, 6.07) is 17.6. The average Bonchev–Trinajstić information content (AvgIpc) is 3.21. The first kappa shape index (κ1) is 16.6. The van der Waals surface area contributed by atoms with Crippen LogP contribution in [-0.2, 0) is 13.0 Å². The van der Waals surface area contributed by atoms with Crippen LogP contribution in [0, 0.1) is 0 Å². The van der Waals surface area contributed by atoms with E-state index in [-0.39, 0.29) is 12.7 Å². The van der Waals surface area contributed by atoms with Gasteiger partial charge in [-0.25, -0.2) is 0 Å². The fraction of sp³-hybridized carbons (Fsp3) is 0.182. The maximum Gasteiger partial charge on any atom is 0.274 e. The van der Waals surface area contributed by atoms with Crippen LogP contribution in [0.2, 0.25) is 0 Å². The molecule has 0 radical (unpaired) electrons. The Morgan fingerprint density at radius 2 is 1.86 bits per heavy atom. The van der Waals surface area contributed by atoms with Gasteiger partial charge in [-0.1, -0.05) is 24.3 Å². The predicted molar refractivity (Wildman–Crippen MR) is 106 cm³/mol. The maximum absolute atomic E-state index is 12.7. The minimum absolute atomic E-state index is 0.204. The first-order valence-electron chi connectivity index (χ1n) is 9.25. The summed E-state index contributed by atoms with van der Waals surface area (Å²) < 4.78 is 10.7. The second-order valence-corrected chi connectivity index (χ2v) is 6.86. The van der Waals surface area contributed by atoms with Crippen molar-refractivity contribution in [2.75, 3.05) is 23.6 Å². The summed E-state index contributed by atoms with van der Waals surface area (Å²) in [5.41, 5.74) is 4.76. The molecule has 1 N–H and O–H groups in total. The van der Waals surface area contributed by atoms with Crippen molar-refractivity contribution in [1.82, 2.24) is 4.98 Å². The number of pyridine rings is 1. The van der Waals surface area contributed by atoms with Gasteiger partial charge in [0, 0.05) is 36.7 Å². The quantitative estimate of drug-likeness (QED) is 0.760. The molecule has 140 valence electrons. The van der Waals surface area contributed by atoms with E-state index in [4.69, 9.17) is 9.47 Å². The van der Waals surface area contributed by atoms with Crippen molar-refractivity contribution in [3.05, 3.63) is 77.6 Å². The van der Waals surface area contributed by atoms with Crippen molar-refractivity contribution in [3.63, 3.8) is 0 Å². The normalized spacial score (nSPS) is 14.5. The molecular formula is C22H19N3O3. The molecular weight excluding hydrogens is 354 g/mol. The van der Waals surface area contributed by atoms with E-state index in [2.05, 4.69) is 39.5 Å². The molecule has 0 saturated heterocycles. The van der Waals surface area contributed by atoms with E-state index in [1.54, 1.807) is 24.4 Å². The molecule has 1 aromatic heterocycles. The zero-order valence-electron chi connectivity index (χ0n) is 15.2. The molecule has 28 heavy (non-hydrogen) atoms. The van der Waals surface area contributed by atoms with Crippen LogP contribution in [-0.4, -0.2) is 24.2 Å². The summed E-state index contributed by atoms with van der Waals surface area (Å²) in [7, 11) is 0. The molecule has 1 amide bonds. The number of nitrogens with zero attached hydrogens (tertiary/aromatic N) is 2. The van der Waals surface area contributed by atoms with Crippen LogP contribution >= 0.6 is 0 Å². The number of carbonyl (C=O) groups excluding carboxylic acids is 1. The van der Waals surface area contributed by atoms with Crippen molar-refractivity contribution < 1.29 is 14.3 Å². The predicted octanol–water partition coefficient (Wildman–Crippen LogP) is 3.63. The number of rotatable bonds is 3. The van der Waals surface area contributed by atoms with Crippen molar-refractivity contribution in [1.29, 1.82) is 0 Å². The van der Waals surface area contributed by atoms with Gasteiger partial charge >= 0.3 is 0 Å². The van der Waals surface area contributed by atoms with Crippen molar-refractivity contribution in [3.8, 4) is 11.5 Å². The largest absolute Gasteiger partial charge is 0.454 e. The minimum atomic E-state index is -0.252. The molecule has 0 atom stereocenters. The molecule has 2 aromatic carbocycles. The van der Waals surface area contributed by atoms with Crippen LogP contribution in [0.1, 0.15) is 21.6 Å². The van der Waals surface area contributed by atoms with Crippen LogP contribution in [0.4, 0.5) is 11.4 Å². The number of benzene rings is 2. The molecule has 3 aromatic rings. The third-order valence-corrected chi connectivity index (χ3v) is 5.10. The van der Waals surface area contributed by atoms with Crippen molar-refractivity contribution in [2.45, 2.75) is 13.0 Å². The van der Waals surface area contributed by atoms with Gasteiger partial charge < -0.3 is 19.7 Å². The van der Waals surface area contributed by atoms with E-state index in [0.717, 1.165) is 25.2 Å². The number of amides is 1. The van der Waals surface area contributed by atoms with Gasteiger partial charge in [0.15, 0.2) is 11.5 Å². The highest BCUT2D eigenvalue weighted by Gasteiger charge is 2.19. The zero-order valence-corrected chi connectivity index (χ0v) is 15.2. The topological polar surface area (TPSA) is 63.7 Å². The minimum Gasteiger partial charge on any atom is -0.454 e. The van der Waals surface area contributed by atoms with Crippen molar-refractivity contribution in [2.24, 2.45) is 0 Å². The van der Waals surface area contributed by atoms with E-state index < -0.39 is 0 Å². The summed E-state index contributed by atoms with van der Waals surface area (Å²) in [4.78, 5) is 19.2. The Morgan fingerprint density at radius 1 is 1.00 bits per heavy atom. The van der Waals surface area contributed by atoms with Gasteiger partial charge in [-0.05, 0) is 41.8 Å².